The predicted octanol–water partition coefficient (Wildman–Crippen LogP) is 0.781. The van der Waals surface area contributed by atoms with Crippen LogP contribution >= 0.6 is 0 Å². The zero-order chi connectivity index (χ0) is 14.6. The third-order valence-electron chi connectivity index (χ3n) is 2.39. The van der Waals surface area contributed by atoms with E-state index in [4.69, 9.17) is 5.73 Å². The Kier molecular flexibility index (Phi) is 4.98. The number of halogens is 3. The van der Waals surface area contributed by atoms with Gasteiger partial charge >= 0.3 is 6.36 Å². The van der Waals surface area contributed by atoms with Crippen LogP contribution in [0, 0.1) is 0 Å². The van der Waals surface area contributed by atoms with Crippen LogP contribution in [0.1, 0.15) is 11.7 Å². The Hall–Kier alpha value is -1.51. The number of anilines is 1. The average molecular weight is 280 g/mol. The van der Waals surface area contributed by atoms with Gasteiger partial charge in [0.05, 0.1) is 6.10 Å². The van der Waals surface area contributed by atoms with Gasteiger partial charge in [-0.3, -0.25) is 0 Å². The molecule has 108 valence electrons. The monoisotopic (exact) mass is 280 g/mol. The van der Waals surface area contributed by atoms with E-state index in [-0.39, 0.29) is 17.8 Å². The Morgan fingerprint density at radius 3 is 2.47 bits per heavy atom. The van der Waals surface area contributed by atoms with E-state index in [0.717, 1.165) is 12.1 Å². The fourth-order valence-corrected chi connectivity index (χ4v) is 1.55. The van der Waals surface area contributed by atoms with Crippen LogP contribution in [0.2, 0.25) is 0 Å². The molecule has 0 aliphatic carbocycles. The maximum atomic E-state index is 12.0. The van der Waals surface area contributed by atoms with Crippen molar-refractivity contribution in [1.82, 2.24) is 5.32 Å². The highest BCUT2D eigenvalue weighted by atomic mass is 19.4. The normalized spacial score (nSPS) is 15.1. The highest BCUT2D eigenvalue weighted by Gasteiger charge is 2.31. The Morgan fingerprint density at radius 1 is 1.37 bits per heavy atom. The summed E-state index contributed by atoms with van der Waals surface area (Å²) >= 11 is 0. The molecular weight excluding hydrogens is 265 g/mol. The van der Waals surface area contributed by atoms with Gasteiger partial charge in [-0.05, 0) is 13.1 Å². The number of nitrogens with two attached hydrogens (primary N) is 1. The van der Waals surface area contributed by atoms with Crippen molar-refractivity contribution in [3.05, 3.63) is 23.8 Å². The SMILES string of the molecule is CNCC(O)C(O)c1ccc(OC(F)(F)F)cc1N. The third-order valence-corrected chi connectivity index (χ3v) is 2.39. The lowest BCUT2D eigenvalue weighted by Crippen LogP contribution is -2.30. The summed E-state index contributed by atoms with van der Waals surface area (Å²) in [6.07, 6.45) is -7.23. The minimum atomic E-state index is -4.81. The molecule has 1 aromatic rings. The number of likely N-dealkylation sites (N-methyl/N-ethyl adjacent to an activating group) is 1. The molecule has 0 spiro atoms. The summed E-state index contributed by atoms with van der Waals surface area (Å²) in [5, 5.41) is 22.0. The Labute approximate surface area is 107 Å². The van der Waals surface area contributed by atoms with Gasteiger partial charge in [-0.2, -0.15) is 0 Å². The lowest BCUT2D eigenvalue weighted by atomic mass is 10.0. The molecule has 5 N–H and O–H groups in total. The van der Waals surface area contributed by atoms with E-state index in [1.54, 1.807) is 7.05 Å². The van der Waals surface area contributed by atoms with Crippen molar-refractivity contribution in [2.75, 3.05) is 19.3 Å². The van der Waals surface area contributed by atoms with Crippen LogP contribution < -0.4 is 15.8 Å². The summed E-state index contributed by atoms with van der Waals surface area (Å²) in [7, 11) is 1.58. The minimum Gasteiger partial charge on any atom is -0.406 e. The van der Waals surface area contributed by atoms with Crippen LogP contribution in [-0.4, -0.2) is 36.3 Å². The standard InChI is InChI=1S/C11H15F3N2O3/c1-16-5-9(17)10(18)7-3-2-6(4-8(7)15)19-11(12,13)14/h2-4,9-10,16-18H,5,15H2,1H3. The number of aliphatic hydroxyl groups excluding tert-OH is 2. The molecule has 5 nitrogen and oxygen atoms in total. The average Bonchev–Trinajstić information content (AvgIpc) is 2.26. The molecule has 0 saturated carbocycles. The van der Waals surface area contributed by atoms with Crippen LogP contribution in [0.25, 0.3) is 0 Å². The molecule has 0 radical (unpaired) electrons. The van der Waals surface area contributed by atoms with Crippen LogP contribution in [-0.2, 0) is 0 Å². The third kappa shape index (κ3) is 4.58. The lowest BCUT2D eigenvalue weighted by molar-refractivity contribution is -0.274. The zero-order valence-electron chi connectivity index (χ0n) is 10.1. The van der Waals surface area contributed by atoms with E-state index in [2.05, 4.69) is 10.1 Å². The first-order valence-corrected chi connectivity index (χ1v) is 5.40. The zero-order valence-corrected chi connectivity index (χ0v) is 10.1. The molecular formula is C11H15F3N2O3. The largest absolute Gasteiger partial charge is 0.573 e. The number of nitrogens with one attached hydrogen (secondary N) is 1. The van der Waals surface area contributed by atoms with Gasteiger partial charge in [-0.15, -0.1) is 13.2 Å². The molecule has 0 saturated heterocycles. The molecule has 19 heavy (non-hydrogen) atoms. The molecule has 1 rings (SSSR count). The maximum Gasteiger partial charge on any atom is 0.573 e. The van der Waals surface area contributed by atoms with Crippen molar-refractivity contribution in [2.45, 2.75) is 18.6 Å². The number of hydrogen-bond donors (Lipinski definition) is 4. The Balaban J connectivity index is 2.88. The fourth-order valence-electron chi connectivity index (χ4n) is 1.55. The molecule has 0 bridgehead atoms. The van der Waals surface area contributed by atoms with E-state index in [1.165, 1.54) is 6.07 Å². The van der Waals surface area contributed by atoms with Crippen LogP contribution in [0.15, 0.2) is 18.2 Å². The summed E-state index contributed by atoms with van der Waals surface area (Å²) in [5.74, 6) is -0.482. The smallest absolute Gasteiger partial charge is 0.406 e. The number of ether oxygens (including phenoxy) is 1. The fraction of sp³-hybridized carbons (Fsp3) is 0.455. The van der Waals surface area contributed by atoms with Gasteiger partial charge in [0.1, 0.15) is 11.9 Å². The maximum absolute atomic E-state index is 12.0. The number of nitrogen functional groups attached to an aromatic ring is 1. The summed E-state index contributed by atoms with van der Waals surface area (Å²) < 4.78 is 39.7. The van der Waals surface area contributed by atoms with E-state index in [9.17, 15) is 23.4 Å². The van der Waals surface area contributed by atoms with Gasteiger partial charge in [-0.1, -0.05) is 6.07 Å². The topological polar surface area (TPSA) is 87.7 Å². The van der Waals surface area contributed by atoms with Crippen LogP contribution in [0.4, 0.5) is 18.9 Å². The van der Waals surface area contributed by atoms with Crippen molar-refractivity contribution < 1.29 is 28.1 Å². The molecule has 8 heteroatoms. The van der Waals surface area contributed by atoms with Crippen molar-refractivity contribution in [2.24, 2.45) is 0 Å². The number of benzene rings is 1. The van der Waals surface area contributed by atoms with Gasteiger partial charge < -0.3 is 26.0 Å². The highest BCUT2D eigenvalue weighted by Crippen LogP contribution is 2.30. The predicted molar refractivity (Wildman–Crippen MR) is 62.4 cm³/mol. The van der Waals surface area contributed by atoms with Crippen LogP contribution in [0.3, 0.4) is 0 Å². The number of aliphatic hydroxyl groups is 2. The first-order chi connectivity index (χ1) is 8.74. The Morgan fingerprint density at radius 2 is 2.00 bits per heavy atom. The second-order valence-corrected chi connectivity index (χ2v) is 3.91. The van der Waals surface area contributed by atoms with Crippen molar-refractivity contribution in [3.8, 4) is 5.75 Å². The molecule has 0 amide bonds. The minimum absolute atomic E-state index is 0.0931. The van der Waals surface area contributed by atoms with Gasteiger partial charge in [0.15, 0.2) is 0 Å². The number of hydrogen-bond acceptors (Lipinski definition) is 5. The molecule has 2 unspecified atom stereocenters. The summed E-state index contributed by atoms with van der Waals surface area (Å²) in [5.41, 5.74) is 5.58. The number of alkyl halides is 3. The summed E-state index contributed by atoms with van der Waals surface area (Å²) in [4.78, 5) is 0. The Bertz CT molecular complexity index is 426. The van der Waals surface area contributed by atoms with Crippen molar-refractivity contribution >= 4 is 5.69 Å². The van der Waals surface area contributed by atoms with E-state index >= 15 is 0 Å². The van der Waals surface area contributed by atoms with Crippen molar-refractivity contribution in [1.29, 1.82) is 0 Å². The first kappa shape index (κ1) is 15.5. The second-order valence-electron chi connectivity index (χ2n) is 3.91. The molecule has 0 fully saturated rings. The lowest BCUT2D eigenvalue weighted by Gasteiger charge is -2.20. The van der Waals surface area contributed by atoms with E-state index < -0.39 is 24.3 Å². The van der Waals surface area contributed by atoms with E-state index in [1.807, 2.05) is 0 Å². The molecule has 0 heterocycles. The summed E-state index contributed by atoms with van der Waals surface area (Å²) in [6.45, 7) is 0.113. The summed E-state index contributed by atoms with van der Waals surface area (Å²) in [6, 6.07) is 3.15. The quantitative estimate of drug-likeness (QED) is 0.599. The van der Waals surface area contributed by atoms with Gasteiger partial charge in [-0.25, -0.2) is 0 Å². The molecule has 1 aromatic carbocycles. The second kappa shape index (κ2) is 6.09. The molecule has 0 aliphatic rings. The highest BCUT2D eigenvalue weighted by molar-refractivity contribution is 5.52. The van der Waals surface area contributed by atoms with Gasteiger partial charge in [0.25, 0.3) is 0 Å². The van der Waals surface area contributed by atoms with E-state index in [0.29, 0.717) is 0 Å². The molecule has 0 aliphatic heterocycles. The van der Waals surface area contributed by atoms with Crippen molar-refractivity contribution in [3.63, 3.8) is 0 Å². The number of rotatable bonds is 5. The first-order valence-electron chi connectivity index (χ1n) is 5.40. The van der Waals surface area contributed by atoms with Gasteiger partial charge in [0, 0.05) is 23.9 Å². The van der Waals surface area contributed by atoms with Gasteiger partial charge in [0.2, 0.25) is 0 Å². The molecule has 0 aromatic heterocycles. The molecule has 2 atom stereocenters. The van der Waals surface area contributed by atoms with Crippen LogP contribution in [0.5, 0.6) is 5.75 Å².